The van der Waals surface area contributed by atoms with Gasteiger partial charge >= 0.3 is 0 Å². The molecule has 0 atom stereocenters. The Bertz CT molecular complexity index is 361. The molecule has 2 rings (SSSR count). The fourth-order valence-electron chi connectivity index (χ4n) is 2.20. The Morgan fingerprint density at radius 2 is 1.89 bits per heavy atom. The topological polar surface area (TPSA) is 21.3 Å². The van der Waals surface area contributed by atoms with E-state index >= 15 is 0 Å². The predicted molar refractivity (Wildman–Crippen MR) is 78.0 cm³/mol. The van der Waals surface area contributed by atoms with Gasteiger partial charge in [-0.25, -0.2) is 0 Å². The second-order valence-corrected chi connectivity index (χ2v) is 7.44. The predicted octanol–water partition coefficient (Wildman–Crippen LogP) is 4.10. The van der Waals surface area contributed by atoms with Crippen LogP contribution in [-0.2, 0) is 17.9 Å². The van der Waals surface area contributed by atoms with Crippen molar-refractivity contribution in [1.82, 2.24) is 5.32 Å². The smallest absolute Gasteiger partial charge is 0.0813 e. The molecule has 102 valence electrons. The maximum atomic E-state index is 5.94. The highest BCUT2D eigenvalue weighted by Gasteiger charge is 2.15. The summed E-state index contributed by atoms with van der Waals surface area (Å²) in [6.45, 7) is 8.35. The van der Waals surface area contributed by atoms with E-state index < -0.39 is 0 Å². The lowest BCUT2D eigenvalue weighted by atomic mass is 10.1. The third-order valence-electron chi connectivity index (χ3n) is 3.27. The van der Waals surface area contributed by atoms with E-state index in [9.17, 15) is 0 Å². The first kappa shape index (κ1) is 14.0. The molecule has 0 spiro atoms. The Morgan fingerprint density at radius 3 is 2.56 bits per heavy atom. The van der Waals surface area contributed by atoms with Crippen LogP contribution in [0.2, 0.25) is 0 Å². The fraction of sp³-hybridized carbons (Fsp3) is 0.733. The van der Waals surface area contributed by atoms with Crippen LogP contribution in [0.5, 0.6) is 0 Å². The van der Waals surface area contributed by atoms with Gasteiger partial charge in [-0.05, 0) is 45.7 Å². The summed E-state index contributed by atoms with van der Waals surface area (Å²) in [5.74, 6) is 0. The van der Waals surface area contributed by atoms with Gasteiger partial charge in [-0.1, -0.05) is 12.8 Å². The molecule has 1 heterocycles. The molecule has 3 heteroatoms. The third-order valence-corrected chi connectivity index (χ3v) is 4.33. The highest BCUT2D eigenvalue weighted by atomic mass is 32.1. The van der Waals surface area contributed by atoms with Gasteiger partial charge in [-0.3, -0.25) is 0 Å². The van der Waals surface area contributed by atoms with Gasteiger partial charge in [0, 0.05) is 21.8 Å². The minimum atomic E-state index is 0.185. The molecular weight excluding hydrogens is 242 g/mol. The Balaban J connectivity index is 1.75. The first-order valence-corrected chi connectivity index (χ1v) is 7.79. The monoisotopic (exact) mass is 267 g/mol. The van der Waals surface area contributed by atoms with Crippen molar-refractivity contribution in [2.45, 2.75) is 71.2 Å². The summed E-state index contributed by atoms with van der Waals surface area (Å²) in [4.78, 5) is 2.75. The van der Waals surface area contributed by atoms with Crippen molar-refractivity contribution in [3.63, 3.8) is 0 Å². The molecule has 1 saturated carbocycles. The summed E-state index contributed by atoms with van der Waals surface area (Å²) >= 11 is 1.87. The van der Waals surface area contributed by atoms with Crippen molar-refractivity contribution in [2.24, 2.45) is 0 Å². The molecule has 1 aliphatic carbocycles. The van der Waals surface area contributed by atoms with E-state index in [1.165, 1.54) is 35.4 Å². The largest absolute Gasteiger partial charge is 0.373 e. The molecule has 0 bridgehead atoms. The molecule has 1 N–H and O–H groups in total. The van der Waals surface area contributed by atoms with E-state index in [4.69, 9.17) is 4.74 Å². The SMILES string of the molecule is CC(C)(C)NCc1ccc(COC2CCCC2)s1. The minimum Gasteiger partial charge on any atom is -0.373 e. The van der Waals surface area contributed by atoms with Gasteiger partial charge in [-0.2, -0.15) is 0 Å². The summed E-state index contributed by atoms with van der Waals surface area (Å²) in [6, 6.07) is 4.43. The van der Waals surface area contributed by atoms with Crippen molar-refractivity contribution in [2.75, 3.05) is 0 Å². The van der Waals surface area contributed by atoms with Crippen LogP contribution in [0.15, 0.2) is 12.1 Å². The first-order valence-electron chi connectivity index (χ1n) is 6.97. The van der Waals surface area contributed by atoms with Crippen LogP contribution in [0.3, 0.4) is 0 Å². The molecule has 0 aliphatic heterocycles. The fourth-order valence-corrected chi connectivity index (χ4v) is 3.08. The molecule has 1 aliphatic rings. The van der Waals surface area contributed by atoms with Crippen LogP contribution in [0.1, 0.15) is 56.2 Å². The number of nitrogens with one attached hydrogen (secondary N) is 1. The lowest BCUT2D eigenvalue weighted by Gasteiger charge is -2.19. The zero-order valence-electron chi connectivity index (χ0n) is 11.8. The van der Waals surface area contributed by atoms with E-state index in [1.807, 2.05) is 11.3 Å². The van der Waals surface area contributed by atoms with E-state index in [2.05, 4.69) is 38.2 Å². The van der Waals surface area contributed by atoms with Crippen molar-refractivity contribution in [1.29, 1.82) is 0 Å². The van der Waals surface area contributed by atoms with Crippen LogP contribution < -0.4 is 5.32 Å². The molecule has 1 aromatic heterocycles. The van der Waals surface area contributed by atoms with Crippen molar-refractivity contribution in [3.8, 4) is 0 Å². The molecule has 0 saturated heterocycles. The Labute approximate surface area is 115 Å². The van der Waals surface area contributed by atoms with Gasteiger partial charge in [-0.15, -0.1) is 11.3 Å². The summed E-state index contributed by atoms with van der Waals surface area (Å²) in [6.07, 6.45) is 5.71. The molecule has 18 heavy (non-hydrogen) atoms. The third kappa shape index (κ3) is 4.71. The van der Waals surface area contributed by atoms with Gasteiger partial charge in [0.25, 0.3) is 0 Å². The van der Waals surface area contributed by atoms with E-state index in [0.717, 1.165) is 13.2 Å². The Hall–Kier alpha value is -0.380. The Kier molecular flexibility index (Phi) is 4.82. The molecule has 0 amide bonds. The molecule has 0 unspecified atom stereocenters. The zero-order chi connectivity index (χ0) is 13.0. The zero-order valence-corrected chi connectivity index (χ0v) is 12.6. The minimum absolute atomic E-state index is 0.185. The van der Waals surface area contributed by atoms with Gasteiger partial charge in [0.2, 0.25) is 0 Å². The Morgan fingerprint density at radius 1 is 1.22 bits per heavy atom. The van der Waals surface area contributed by atoms with E-state index in [1.54, 1.807) is 0 Å². The average Bonchev–Trinajstić information content (AvgIpc) is 2.94. The lowest BCUT2D eigenvalue weighted by Crippen LogP contribution is -2.34. The van der Waals surface area contributed by atoms with Crippen LogP contribution in [0.25, 0.3) is 0 Å². The van der Waals surface area contributed by atoms with Crippen LogP contribution in [0.4, 0.5) is 0 Å². The normalized spacial score (nSPS) is 17.5. The first-order chi connectivity index (χ1) is 8.53. The van der Waals surface area contributed by atoms with Gasteiger partial charge in [0.05, 0.1) is 12.7 Å². The molecule has 2 nitrogen and oxygen atoms in total. The van der Waals surface area contributed by atoms with E-state index in [-0.39, 0.29) is 5.54 Å². The van der Waals surface area contributed by atoms with Crippen LogP contribution in [-0.4, -0.2) is 11.6 Å². The number of hydrogen-bond donors (Lipinski definition) is 1. The maximum Gasteiger partial charge on any atom is 0.0813 e. The van der Waals surface area contributed by atoms with Crippen molar-refractivity contribution in [3.05, 3.63) is 21.9 Å². The van der Waals surface area contributed by atoms with Crippen molar-refractivity contribution >= 4 is 11.3 Å². The summed E-state index contributed by atoms with van der Waals surface area (Å²) < 4.78 is 5.94. The molecule has 0 aromatic carbocycles. The quantitative estimate of drug-likeness (QED) is 0.867. The molecule has 0 radical (unpaired) electrons. The molecule has 1 aromatic rings. The number of thiophene rings is 1. The molecule has 1 fully saturated rings. The molecular formula is C15H25NOS. The van der Waals surface area contributed by atoms with Gasteiger partial charge < -0.3 is 10.1 Å². The number of hydrogen-bond acceptors (Lipinski definition) is 3. The highest BCUT2D eigenvalue weighted by Crippen LogP contribution is 2.24. The second-order valence-electron chi connectivity index (χ2n) is 6.19. The lowest BCUT2D eigenvalue weighted by molar-refractivity contribution is 0.0473. The summed E-state index contributed by atoms with van der Waals surface area (Å²) in [5.41, 5.74) is 0.185. The van der Waals surface area contributed by atoms with Gasteiger partial charge in [0.1, 0.15) is 0 Å². The second kappa shape index (κ2) is 6.18. The maximum absolute atomic E-state index is 5.94. The van der Waals surface area contributed by atoms with Crippen LogP contribution >= 0.6 is 11.3 Å². The summed E-state index contributed by atoms with van der Waals surface area (Å²) in [5, 5.41) is 3.52. The average molecular weight is 267 g/mol. The van der Waals surface area contributed by atoms with Crippen molar-refractivity contribution < 1.29 is 4.74 Å². The van der Waals surface area contributed by atoms with Crippen LogP contribution in [0, 0.1) is 0 Å². The van der Waals surface area contributed by atoms with E-state index in [0.29, 0.717) is 6.10 Å². The standard InChI is InChI=1S/C15H25NOS/c1-15(2,3)16-10-13-8-9-14(18-13)11-17-12-6-4-5-7-12/h8-9,12,16H,4-7,10-11H2,1-3H3. The summed E-state index contributed by atoms with van der Waals surface area (Å²) in [7, 11) is 0. The van der Waals surface area contributed by atoms with Gasteiger partial charge in [0.15, 0.2) is 0 Å². The number of ether oxygens (including phenoxy) is 1. The highest BCUT2D eigenvalue weighted by molar-refractivity contribution is 7.11. The number of rotatable bonds is 5.